The quantitative estimate of drug-likeness (QED) is 0.833. The number of nitrogens with zero attached hydrogens (tertiary/aromatic N) is 1. The van der Waals surface area contributed by atoms with Gasteiger partial charge in [-0.1, -0.05) is 6.07 Å². The van der Waals surface area contributed by atoms with Crippen LogP contribution < -0.4 is 11.1 Å². The molecule has 0 aliphatic rings. The summed E-state index contributed by atoms with van der Waals surface area (Å²) in [6, 6.07) is 4.88. The summed E-state index contributed by atoms with van der Waals surface area (Å²) in [5.41, 5.74) is 6.31. The number of halogens is 3. The van der Waals surface area contributed by atoms with Crippen molar-refractivity contribution >= 4 is 17.4 Å². The molecule has 0 aliphatic carbocycles. The summed E-state index contributed by atoms with van der Waals surface area (Å²) in [6.07, 6.45) is -4.43. The number of amides is 2. The standard InChI is InChI=1S/C12H16F3N3O/c1-8(2)18(7-12(13,14)15)11(19)17-10-5-3-4-9(16)6-10/h3-6,8H,7,16H2,1-2H3,(H,17,19). The Morgan fingerprint density at radius 3 is 2.53 bits per heavy atom. The van der Waals surface area contributed by atoms with E-state index in [4.69, 9.17) is 5.73 Å². The molecule has 0 heterocycles. The van der Waals surface area contributed by atoms with Crippen LogP contribution in [0.5, 0.6) is 0 Å². The molecular weight excluding hydrogens is 259 g/mol. The minimum absolute atomic E-state index is 0.359. The van der Waals surface area contributed by atoms with Gasteiger partial charge in [-0.2, -0.15) is 13.2 Å². The van der Waals surface area contributed by atoms with Crippen LogP contribution in [0.1, 0.15) is 13.8 Å². The summed E-state index contributed by atoms with van der Waals surface area (Å²) >= 11 is 0. The maximum absolute atomic E-state index is 12.4. The van der Waals surface area contributed by atoms with Crippen LogP contribution >= 0.6 is 0 Å². The molecular formula is C12H16F3N3O. The van der Waals surface area contributed by atoms with Crippen molar-refractivity contribution < 1.29 is 18.0 Å². The SMILES string of the molecule is CC(C)N(CC(F)(F)F)C(=O)Nc1cccc(N)c1. The van der Waals surface area contributed by atoms with E-state index < -0.39 is 24.8 Å². The Labute approximate surface area is 109 Å². The highest BCUT2D eigenvalue weighted by Gasteiger charge is 2.34. The van der Waals surface area contributed by atoms with E-state index in [9.17, 15) is 18.0 Å². The molecule has 0 aliphatic heterocycles. The first-order valence-corrected chi connectivity index (χ1v) is 5.69. The van der Waals surface area contributed by atoms with Gasteiger partial charge in [0.15, 0.2) is 0 Å². The highest BCUT2D eigenvalue weighted by Crippen LogP contribution is 2.19. The summed E-state index contributed by atoms with van der Waals surface area (Å²) in [7, 11) is 0. The normalized spacial score (nSPS) is 11.5. The van der Waals surface area contributed by atoms with Gasteiger partial charge in [-0.05, 0) is 32.0 Å². The average molecular weight is 275 g/mol. The van der Waals surface area contributed by atoms with Crippen LogP contribution in [0.4, 0.5) is 29.3 Å². The summed E-state index contributed by atoms with van der Waals surface area (Å²) in [4.78, 5) is 12.5. The van der Waals surface area contributed by atoms with E-state index >= 15 is 0 Å². The second-order valence-corrected chi connectivity index (χ2v) is 4.39. The van der Waals surface area contributed by atoms with Crippen LogP contribution in [0.3, 0.4) is 0 Å². The van der Waals surface area contributed by atoms with Gasteiger partial charge in [0.1, 0.15) is 6.54 Å². The third kappa shape index (κ3) is 5.07. The van der Waals surface area contributed by atoms with Crippen molar-refractivity contribution in [2.75, 3.05) is 17.6 Å². The van der Waals surface area contributed by atoms with Gasteiger partial charge >= 0.3 is 12.2 Å². The molecule has 0 saturated heterocycles. The molecule has 0 spiro atoms. The number of alkyl halides is 3. The molecule has 0 bridgehead atoms. The third-order valence-electron chi connectivity index (χ3n) is 2.37. The van der Waals surface area contributed by atoms with Gasteiger partial charge in [0.2, 0.25) is 0 Å². The number of nitrogen functional groups attached to an aromatic ring is 1. The molecule has 0 fully saturated rings. The van der Waals surface area contributed by atoms with E-state index in [1.54, 1.807) is 18.2 Å². The number of anilines is 2. The molecule has 106 valence electrons. The first kappa shape index (κ1) is 15.1. The second kappa shape index (κ2) is 5.81. The number of urea groups is 1. The topological polar surface area (TPSA) is 58.4 Å². The fourth-order valence-corrected chi connectivity index (χ4v) is 1.49. The van der Waals surface area contributed by atoms with E-state index in [2.05, 4.69) is 5.32 Å². The first-order valence-electron chi connectivity index (χ1n) is 5.69. The Kier molecular flexibility index (Phi) is 4.63. The minimum atomic E-state index is -4.43. The van der Waals surface area contributed by atoms with Gasteiger partial charge in [0.25, 0.3) is 0 Å². The number of carbonyl (C=O) groups is 1. The summed E-state index contributed by atoms with van der Waals surface area (Å²) in [5.74, 6) is 0. The van der Waals surface area contributed by atoms with Crippen LogP contribution in [0.2, 0.25) is 0 Å². The van der Waals surface area contributed by atoms with Crippen molar-refractivity contribution in [2.45, 2.75) is 26.1 Å². The van der Waals surface area contributed by atoms with Gasteiger partial charge < -0.3 is 16.0 Å². The maximum Gasteiger partial charge on any atom is 0.406 e. The number of hydrogen-bond donors (Lipinski definition) is 2. The summed E-state index contributed by atoms with van der Waals surface area (Å²) in [5, 5.41) is 2.39. The first-order chi connectivity index (χ1) is 8.69. The number of rotatable bonds is 3. The Balaban J connectivity index is 2.78. The summed E-state index contributed by atoms with van der Waals surface area (Å²) in [6.45, 7) is 1.74. The molecule has 0 aromatic heterocycles. The Bertz CT molecular complexity index is 446. The maximum atomic E-state index is 12.4. The van der Waals surface area contributed by atoms with Gasteiger partial charge in [0.05, 0.1) is 0 Å². The number of nitrogens with one attached hydrogen (secondary N) is 1. The largest absolute Gasteiger partial charge is 0.406 e. The fourth-order valence-electron chi connectivity index (χ4n) is 1.49. The number of benzene rings is 1. The average Bonchev–Trinajstić information content (AvgIpc) is 2.24. The highest BCUT2D eigenvalue weighted by molar-refractivity contribution is 5.90. The zero-order chi connectivity index (χ0) is 14.6. The monoisotopic (exact) mass is 275 g/mol. The molecule has 0 saturated carbocycles. The van der Waals surface area contributed by atoms with Crippen molar-refractivity contribution in [1.82, 2.24) is 4.90 Å². The van der Waals surface area contributed by atoms with E-state index in [0.717, 1.165) is 0 Å². The molecule has 1 aromatic carbocycles. The predicted molar refractivity (Wildman–Crippen MR) is 67.8 cm³/mol. The molecule has 19 heavy (non-hydrogen) atoms. The molecule has 0 atom stereocenters. The van der Waals surface area contributed by atoms with E-state index in [0.29, 0.717) is 16.3 Å². The van der Waals surface area contributed by atoms with Gasteiger partial charge in [0, 0.05) is 17.4 Å². The van der Waals surface area contributed by atoms with Gasteiger partial charge in [-0.15, -0.1) is 0 Å². The van der Waals surface area contributed by atoms with Crippen molar-refractivity contribution in [1.29, 1.82) is 0 Å². The van der Waals surface area contributed by atoms with E-state index in [1.165, 1.54) is 19.9 Å². The van der Waals surface area contributed by atoms with Crippen molar-refractivity contribution in [3.63, 3.8) is 0 Å². The Morgan fingerprint density at radius 1 is 1.42 bits per heavy atom. The molecule has 0 unspecified atom stereocenters. The molecule has 7 heteroatoms. The van der Waals surface area contributed by atoms with Crippen LogP contribution in [0, 0.1) is 0 Å². The lowest BCUT2D eigenvalue weighted by molar-refractivity contribution is -0.142. The van der Waals surface area contributed by atoms with E-state index in [1.807, 2.05) is 0 Å². The number of hydrogen-bond acceptors (Lipinski definition) is 2. The van der Waals surface area contributed by atoms with Crippen molar-refractivity contribution in [3.8, 4) is 0 Å². The zero-order valence-corrected chi connectivity index (χ0v) is 10.7. The molecule has 2 amide bonds. The molecule has 0 radical (unpaired) electrons. The lowest BCUT2D eigenvalue weighted by atomic mass is 10.3. The highest BCUT2D eigenvalue weighted by atomic mass is 19.4. The van der Waals surface area contributed by atoms with Crippen LogP contribution in [-0.4, -0.2) is 29.7 Å². The van der Waals surface area contributed by atoms with Gasteiger partial charge in [-0.25, -0.2) is 4.79 Å². The molecule has 1 aromatic rings. The Hall–Kier alpha value is -1.92. The van der Waals surface area contributed by atoms with Crippen LogP contribution in [0.15, 0.2) is 24.3 Å². The minimum Gasteiger partial charge on any atom is -0.399 e. The predicted octanol–water partition coefficient (Wildman–Crippen LogP) is 3.07. The number of nitrogens with two attached hydrogens (primary N) is 1. The number of carbonyl (C=O) groups excluding carboxylic acids is 1. The molecule has 4 nitrogen and oxygen atoms in total. The van der Waals surface area contributed by atoms with Crippen molar-refractivity contribution in [2.24, 2.45) is 0 Å². The summed E-state index contributed by atoms with van der Waals surface area (Å²) < 4.78 is 37.2. The fraction of sp³-hybridized carbons (Fsp3) is 0.417. The molecule has 1 rings (SSSR count). The van der Waals surface area contributed by atoms with Crippen LogP contribution in [-0.2, 0) is 0 Å². The van der Waals surface area contributed by atoms with Crippen molar-refractivity contribution in [3.05, 3.63) is 24.3 Å². The second-order valence-electron chi connectivity index (χ2n) is 4.39. The Morgan fingerprint density at radius 2 is 2.05 bits per heavy atom. The lowest BCUT2D eigenvalue weighted by Crippen LogP contribution is -2.45. The zero-order valence-electron chi connectivity index (χ0n) is 10.7. The van der Waals surface area contributed by atoms with Gasteiger partial charge in [-0.3, -0.25) is 0 Å². The van der Waals surface area contributed by atoms with Crippen LogP contribution in [0.25, 0.3) is 0 Å². The smallest absolute Gasteiger partial charge is 0.399 e. The lowest BCUT2D eigenvalue weighted by Gasteiger charge is -2.27. The van der Waals surface area contributed by atoms with E-state index in [-0.39, 0.29) is 0 Å². The molecule has 3 N–H and O–H groups in total. The third-order valence-corrected chi connectivity index (χ3v) is 2.37.